The predicted molar refractivity (Wildman–Crippen MR) is 214 cm³/mol. The molecule has 0 heteroatoms. The van der Waals surface area contributed by atoms with Gasteiger partial charge in [-0.05, 0) is 112 Å². The summed E-state index contributed by atoms with van der Waals surface area (Å²) < 4.78 is 0. The first kappa shape index (κ1) is 28.6. The van der Waals surface area contributed by atoms with Crippen LogP contribution in [-0.2, 0) is 11.8 Å². The van der Waals surface area contributed by atoms with Crippen LogP contribution >= 0.6 is 0 Å². The van der Waals surface area contributed by atoms with Gasteiger partial charge in [-0.15, -0.1) is 0 Å². The number of benzene rings is 8. The Balaban J connectivity index is 1.11. The van der Waals surface area contributed by atoms with Gasteiger partial charge in [-0.2, -0.15) is 0 Å². The molecule has 11 rings (SSSR count). The number of hydrogen-bond donors (Lipinski definition) is 0. The minimum absolute atomic E-state index is 0.261. The fourth-order valence-electron chi connectivity index (χ4n) is 9.58. The summed E-state index contributed by atoms with van der Waals surface area (Å²) in [5, 5.41) is 5.31. The summed E-state index contributed by atoms with van der Waals surface area (Å²) in [4.78, 5) is 0. The van der Waals surface area contributed by atoms with E-state index in [1.54, 1.807) is 0 Å². The largest absolute Gasteiger partial charge is 0.0832 e. The summed E-state index contributed by atoms with van der Waals surface area (Å²) in [6.45, 7) is 0. The molecule has 2 unspecified atom stereocenters. The zero-order chi connectivity index (χ0) is 33.5. The molecule has 0 aliphatic heterocycles. The lowest BCUT2D eigenvalue weighted by atomic mass is 9.61. The van der Waals surface area contributed by atoms with Crippen molar-refractivity contribution in [2.45, 2.75) is 17.8 Å². The predicted octanol–water partition coefficient (Wildman–Crippen LogP) is 12.9. The second-order valence-electron chi connectivity index (χ2n) is 14.3. The van der Waals surface area contributed by atoms with Crippen LogP contribution in [0.5, 0.6) is 0 Å². The quantitative estimate of drug-likeness (QED) is 0.164. The topological polar surface area (TPSA) is 0 Å². The maximum absolute atomic E-state index is 2.47. The van der Waals surface area contributed by atoms with Crippen LogP contribution in [0.25, 0.3) is 61.0 Å². The van der Waals surface area contributed by atoms with E-state index < -0.39 is 0 Å². The molecule has 8 aromatic carbocycles. The fourth-order valence-corrected chi connectivity index (χ4v) is 9.58. The van der Waals surface area contributed by atoms with Crippen LogP contribution in [0.1, 0.15) is 44.9 Å². The second kappa shape index (κ2) is 10.9. The number of allylic oxidation sites excluding steroid dienone is 3. The van der Waals surface area contributed by atoms with Gasteiger partial charge in [-0.3, -0.25) is 0 Å². The number of fused-ring (bicyclic) bond motifs is 10. The Bertz CT molecular complexity index is 2770. The standard InChI is InChI=1S/C51H34/c1-2-11-34(12-3-1)35-13-8-14-36-26-29-39(40-28-24-33(23-25-35)31-44(36)40)38-27-30-48-45(32-38)42-18-5-7-21-47(42)51(48)46-20-6-4-17-41(46)43-19-9-15-37-16-10-22-49(51)50(37)43/h1-13,15-32,35H,14H2/b13-8+,25-23-. The minimum Gasteiger partial charge on any atom is -0.0832 e. The Kier molecular flexibility index (Phi) is 6.10. The molecule has 0 N–H and O–H groups in total. The molecule has 0 aromatic heterocycles. The first-order chi connectivity index (χ1) is 25.3. The van der Waals surface area contributed by atoms with Gasteiger partial charge in [0.05, 0.1) is 5.41 Å². The number of rotatable bonds is 2. The smallest absolute Gasteiger partial charge is 0.0725 e. The van der Waals surface area contributed by atoms with Crippen molar-refractivity contribution in [2.75, 3.05) is 0 Å². The first-order valence-corrected chi connectivity index (χ1v) is 18.1. The molecule has 0 radical (unpaired) electrons. The zero-order valence-electron chi connectivity index (χ0n) is 28.2. The van der Waals surface area contributed by atoms with Gasteiger partial charge in [-0.25, -0.2) is 0 Å². The summed E-state index contributed by atoms with van der Waals surface area (Å²) in [6.07, 6.45) is 10.2. The fraction of sp³-hybridized carbons (Fsp3) is 0.0588. The lowest BCUT2D eigenvalue weighted by molar-refractivity contribution is 0.773. The maximum Gasteiger partial charge on any atom is 0.0725 e. The summed E-state index contributed by atoms with van der Waals surface area (Å²) in [6, 6.07) is 61.7. The van der Waals surface area contributed by atoms with E-state index in [0.29, 0.717) is 0 Å². The Labute approximate surface area is 298 Å². The molecule has 2 atom stereocenters. The zero-order valence-corrected chi connectivity index (χ0v) is 28.2. The van der Waals surface area contributed by atoms with Crippen LogP contribution in [0, 0.1) is 0 Å². The highest BCUT2D eigenvalue weighted by Gasteiger charge is 2.49. The van der Waals surface area contributed by atoms with Gasteiger partial charge < -0.3 is 0 Å². The van der Waals surface area contributed by atoms with Crippen molar-refractivity contribution in [3.05, 3.63) is 221 Å². The second-order valence-corrected chi connectivity index (χ2v) is 14.3. The molecule has 0 saturated heterocycles. The molecule has 0 nitrogen and oxygen atoms in total. The van der Waals surface area contributed by atoms with Crippen molar-refractivity contribution in [3.8, 4) is 33.4 Å². The third kappa shape index (κ3) is 4.02. The van der Waals surface area contributed by atoms with Gasteiger partial charge in [0.1, 0.15) is 0 Å². The SMILES string of the molecule is C1=C\C(c2ccccc2)/C=C/Cc2ccc(-c3ccc4c(c3)-c3ccccc3C43c4ccccc4-c4cccc5cccc3c45)c3ccc/1cc23. The highest BCUT2D eigenvalue weighted by Crippen LogP contribution is 2.62. The van der Waals surface area contributed by atoms with Crippen molar-refractivity contribution in [1.82, 2.24) is 0 Å². The molecule has 1 spiro atoms. The van der Waals surface area contributed by atoms with E-state index in [-0.39, 0.29) is 11.3 Å². The summed E-state index contributed by atoms with van der Waals surface area (Å²) in [7, 11) is 0. The Morgan fingerprint density at radius 3 is 2.00 bits per heavy atom. The van der Waals surface area contributed by atoms with Crippen molar-refractivity contribution in [1.29, 1.82) is 0 Å². The van der Waals surface area contributed by atoms with Crippen LogP contribution < -0.4 is 0 Å². The van der Waals surface area contributed by atoms with E-state index in [2.05, 4.69) is 188 Å². The highest BCUT2D eigenvalue weighted by atomic mass is 14.5. The van der Waals surface area contributed by atoms with Crippen LogP contribution in [0.2, 0.25) is 0 Å². The molecule has 3 aliphatic rings. The molecular weight excluding hydrogens is 613 g/mol. The van der Waals surface area contributed by atoms with Crippen LogP contribution in [0.4, 0.5) is 0 Å². The van der Waals surface area contributed by atoms with E-state index in [1.165, 1.54) is 93.9 Å². The van der Waals surface area contributed by atoms with Crippen molar-refractivity contribution >= 4 is 27.6 Å². The Morgan fingerprint density at radius 2 is 1.16 bits per heavy atom. The van der Waals surface area contributed by atoms with E-state index in [0.717, 1.165) is 6.42 Å². The van der Waals surface area contributed by atoms with E-state index in [1.807, 2.05) is 0 Å². The molecule has 0 heterocycles. The van der Waals surface area contributed by atoms with Crippen LogP contribution in [0.3, 0.4) is 0 Å². The van der Waals surface area contributed by atoms with Gasteiger partial charge in [0, 0.05) is 5.92 Å². The minimum atomic E-state index is -0.389. The average Bonchev–Trinajstić information content (AvgIpc) is 3.48. The first-order valence-electron chi connectivity index (χ1n) is 18.1. The Hall–Kier alpha value is -6.24. The van der Waals surface area contributed by atoms with Gasteiger partial charge >= 0.3 is 0 Å². The molecule has 0 saturated carbocycles. The van der Waals surface area contributed by atoms with Gasteiger partial charge in [0.15, 0.2) is 0 Å². The summed E-state index contributed by atoms with van der Waals surface area (Å²) in [5.41, 5.74) is 16.9. The summed E-state index contributed by atoms with van der Waals surface area (Å²) >= 11 is 0. The Morgan fingerprint density at radius 1 is 0.451 bits per heavy atom. The van der Waals surface area contributed by atoms with E-state index in [9.17, 15) is 0 Å². The highest BCUT2D eigenvalue weighted by molar-refractivity contribution is 6.07. The third-order valence-corrected chi connectivity index (χ3v) is 11.8. The van der Waals surface area contributed by atoms with Gasteiger partial charge in [0.25, 0.3) is 0 Å². The normalized spacial score (nSPS) is 19.1. The van der Waals surface area contributed by atoms with Crippen molar-refractivity contribution < 1.29 is 0 Å². The molecule has 3 aliphatic carbocycles. The van der Waals surface area contributed by atoms with Crippen molar-refractivity contribution in [3.63, 3.8) is 0 Å². The lowest BCUT2D eigenvalue weighted by Crippen LogP contribution is -2.31. The van der Waals surface area contributed by atoms with E-state index in [4.69, 9.17) is 0 Å². The van der Waals surface area contributed by atoms with Gasteiger partial charge in [0.2, 0.25) is 0 Å². The van der Waals surface area contributed by atoms with Crippen LogP contribution in [0.15, 0.2) is 182 Å². The van der Waals surface area contributed by atoms with E-state index >= 15 is 0 Å². The number of hydrogen-bond acceptors (Lipinski definition) is 0. The molecule has 0 fully saturated rings. The monoisotopic (exact) mass is 646 g/mol. The van der Waals surface area contributed by atoms with Crippen LogP contribution in [-0.4, -0.2) is 0 Å². The maximum atomic E-state index is 2.47. The molecule has 238 valence electrons. The molecular formula is C51H34. The molecule has 8 aromatic rings. The molecule has 51 heavy (non-hydrogen) atoms. The summed E-state index contributed by atoms with van der Waals surface area (Å²) in [5.74, 6) is 0.261. The average molecular weight is 647 g/mol. The lowest BCUT2D eigenvalue weighted by Gasteiger charge is -2.40. The molecule has 2 bridgehead atoms. The molecule has 0 amide bonds. The van der Waals surface area contributed by atoms with Gasteiger partial charge in [-0.1, -0.05) is 176 Å². The third-order valence-electron chi connectivity index (χ3n) is 11.8. The van der Waals surface area contributed by atoms with Crippen molar-refractivity contribution in [2.24, 2.45) is 0 Å².